The van der Waals surface area contributed by atoms with E-state index in [9.17, 15) is 29.4 Å². The molecule has 1 saturated heterocycles. The lowest BCUT2D eigenvalue weighted by atomic mass is 9.86. The fraction of sp³-hybridized carbons (Fsp3) is 0.475. The molecule has 2 heterocycles. The minimum atomic E-state index is -1.36. The van der Waals surface area contributed by atoms with E-state index < -0.39 is 47.6 Å². The summed E-state index contributed by atoms with van der Waals surface area (Å²) in [5, 5.41) is 29.0. The number of aliphatic hydroxyl groups excluding tert-OH is 1. The van der Waals surface area contributed by atoms with Crippen molar-refractivity contribution in [3.63, 3.8) is 0 Å². The van der Waals surface area contributed by atoms with Crippen molar-refractivity contribution in [2.24, 2.45) is 11.3 Å². The fourth-order valence-corrected chi connectivity index (χ4v) is 6.94. The Hall–Kier alpha value is -4.43. The number of benzene rings is 2. The summed E-state index contributed by atoms with van der Waals surface area (Å²) >= 11 is 12.5. The predicted molar refractivity (Wildman–Crippen MR) is 212 cm³/mol. The van der Waals surface area contributed by atoms with Crippen LogP contribution in [0.5, 0.6) is 0 Å². The van der Waals surface area contributed by atoms with E-state index >= 15 is 0 Å². The number of urea groups is 1. The van der Waals surface area contributed by atoms with Gasteiger partial charge in [0.15, 0.2) is 0 Å². The van der Waals surface area contributed by atoms with Crippen LogP contribution in [0, 0.1) is 18.3 Å². The molecule has 0 bridgehead atoms. The number of hydrogen-bond donors (Lipinski definition) is 5. The van der Waals surface area contributed by atoms with Crippen LogP contribution in [0.3, 0.4) is 0 Å². The summed E-state index contributed by atoms with van der Waals surface area (Å²) in [6, 6.07) is 16.9. The monoisotopic (exact) mass is 797 g/mol. The summed E-state index contributed by atoms with van der Waals surface area (Å²) in [6.45, 7) is 11.9. The molecule has 1 aliphatic rings. The third-order valence-corrected chi connectivity index (χ3v) is 10.5. The van der Waals surface area contributed by atoms with Crippen molar-refractivity contribution >= 4 is 47.1 Å². The number of carbonyl (C=O) groups is 4. The smallest absolute Gasteiger partial charge is 0.405 e. The zero-order valence-corrected chi connectivity index (χ0v) is 33.8. The summed E-state index contributed by atoms with van der Waals surface area (Å²) < 4.78 is 0. The quantitative estimate of drug-likeness (QED) is 0.109. The van der Waals surface area contributed by atoms with Gasteiger partial charge in [0.1, 0.15) is 12.1 Å². The number of hydrazine groups is 1. The molecule has 13 nitrogen and oxygen atoms in total. The zero-order chi connectivity index (χ0) is 40.4. The standard InChI is InChI=1S/C40H53Cl2N7O6/c1-7-25(2)34(49-19-18-47(39(49)55)23-29-15-11-12-26(3)43-29)36(51)44-32(21-27-13-9-8-10-14-27)33(50)24-48(22-28-16-17-30(41)31(42)20-28)46-37(52)35(40(4,5)6)45-38(53)54/h8-17,20,25,32-35,45,50H,7,18-19,21-24H2,1-6H3,(H,44,51)(H,46,52)(H,53,54)/t25-,32-,33-,34-,35+/m0/s1. The van der Waals surface area contributed by atoms with Crippen LogP contribution < -0.4 is 16.1 Å². The number of pyridine rings is 1. The lowest BCUT2D eigenvalue weighted by Crippen LogP contribution is -2.60. The molecule has 0 spiro atoms. The number of rotatable bonds is 17. The minimum absolute atomic E-state index is 0.0546. The number of nitrogens with zero attached hydrogens (tertiary/aromatic N) is 4. The van der Waals surface area contributed by atoms with E-state index in [1.807, 2.05) is 69.3 Å². The molecule has 1 aliphatic heterocycles. The van der Waals surface area contributed by atoms with Crippen molar-refractivity contribution in [2.75, 3.05) is 19.6 Å². The Morgan fingerprint density at radius 2 is 1.65 bits per heavy atom. The fourth-order valence-electron chi connectivity index (χ4n) is 6.62. The molecule has 5 N–H and O–H groups in total. The average Bonchev–Trinajstić information content (AvgIpc) is 3.46. The van der Waals surface area contributed by atoms with E-state index in [1.165, 1.54) is 5.01 Å². The van der Waals surface area contributed by atoms with Gasteiger partial charge < -0.3 is 30.6 Å². The Kier molecular flexibility index (Phi) is 15.3. The Morgan fingerprint density at radius 3 is 2.27 bits per heavy atom. The highest BCUT2D eigenvalue weighted by Gasteiger charge is 2.41. The third kappa shape index (κ3) is 12.3. The van der Waals surface area contributed by atoms with Gasteiger partial charge in [-0.25, -0.2) is 14.6 Å². The lowest BCUT2D eigenvalue weighted by molar-refractivity contribution is -0.132. The Bertz CT molecular complexity index is 1790. The molecular weight excluding hydrogens is 745 g/mol. The van der Waals surface area contributed by atoms with Crippen LogP contribution in [-0.2, 0) is 29.1 Å². The normalized spacial score (nSPS) is 16.0. The number of carboxylic acid groups (broad SMARTS) is 1. The molecule has 5 atom stereocenters. The van der Waals surface area contributed by atoms with Gasteiger partial charge in [-0.15, -0.1) is 0 Å². The number of halogens is 2. The van der Waals surface area contributed by atoms with Gasteiger partial charge in [0.25, 0.3) is 5.91 Å². The molecule has 1 aromatic heterocycles. The molecular formula is C40H53Cl2N7O6. The first-order valence-electron chi connectivity index (χ1n) is 18.5. The summed E-state index contributed by atoms with van der Waals surface area (Å²) in [5.74, 6) is -1.26. The van der Waals surface area contributed by atoms with Crippen LogP contribution in [0.4, 0.5) is 9.59 Å². The van der Waals surface area contributed by atoms with E-state index in [2.05, 4.69) is 21.0 Å². The molecule has 0 saturated carbocycles. The maximum absolute atomic E-state index is 14.4. The van der Waals surface area contributed by atoms with E-state index in [4.69, 9.17) is 23.2 Å². The van der Waals surface area contributed by atoms with Crippen LogP contribution in [0.1, 0.15) is 63.6 Å². The molecule has 1 fully saturated rings. The van der Waals surface area contributed by atoms with Gasteiger partial charge in [0, 0.05) is 31.9 Å². The molecule has 3 aromatic rings. The van der Waals surface area contributed by atoms with Crippen LogP contribution in [0.15, 0.2) is 66.7 Å². The second kappa shape index (κ2) is 19.4. The Labute approximate surface area is 333 Å². The van der Waals surface area contributed by atoms with E-state index in [0.29, 0.717) is 41.7 Å². The van der Waals surface area contributed by atoms with Crippen LogP contribution in [-0.4, -0.2) is 97.8 Å². The first-order valence-corrected chi connectivity index (χ1v) is 19.2. The molecule has 0 radical (unpaired) electrons. The van der Waals surface area contributed by atoms with Gasteiger partial charge in [0.05, 0.1) is 34.4 Å². The summed E-state index contributed by atoms with van der Waals surface area (Å²) in [5.41, 5.74) is 5.11. The number of aromatic nitrogens is 1. The van der Waals surface area contributed by atoms with Crippen molar-refractivity contribution in [1.29, 1.82) is 0 Å². The van der Waals surface area contributed by atoms with Gasteiger partial charge in [-0.1, -0.05) is 107 Å². The van der Waals surface area contributed by atoms with Crippen molar-refractivity contribution in [3.8, 4) is 0 Å². The molecule has 4 rings (SSSR count). The Balaban J connectivity index is 1.62. The number of carbonyl (C=O) groups excluding carboxylic acids is 3. The second-order valence-electron chi connectivity index (χ2n) is 15.2. The van der Waals surface area contributed by atoms with E-state index in [-0.39, 0.29) is 31.5 Å². The van der Waals surface area contributed by atoms with Gasteiger partial charge in [-0.05, 0) is 60.1 Å². The highest BCUT2D eigenvalue weighted by atomic mass is 35.5. The van der Waals surface area contributed by atoms with E-state index in [0.717, 1.165) is 17.0 Å². The summed E-state index contributed by atoms with van der Waals surface area (Å²) in [4.78, 5) is 61.4. The van der Waals surface area contributed by atoms with Crippen molar-refractivity contribution in [3.05, 3.63) is 99.3 Å². The number of aliphatic hydroxyl groups is 1. The van der Waals surface area contributed by atoms with E-state index in [1.54, 1.807) is 48.8 Å². The summed E-state index contributed by atoms with van der Waals surface area (Å²) in [6.07, 6.45) is -1.77. The maximum atomic E-state index is 14.4. The summed E-state index contributed by atoms with van der Waals surface area (Å²) in [7, 11) is 0. The maximum Gasteiger partial charge on any atom is 0.405 e. The average molecular weight is 799 g/mol. The van der Waals surface area contributed by atoms with Crippen molar-refractivity contribution in [2.45, 2.75) is 91.7 Å². The number of hydrogen-bond acceptors (Lipinski definition) is 7. The molecule has 298 valence electrons. The van der Waals surface area contributed by atoms with Crippen molar-refractivity contribution in [1.82, 2.24) is 35.9 Å². The Morgan fingerprint density at radius 1 is 0.945 bits per heavy atom. The van der Waals surface area contributed by atoms with Crippen LogP contribution in [0.2, 0.25) is 10.0 Å². The third-order valence-electron chi connectivity index (χ3n) is 9.73. The molecule has 0 aliphatic carbocycles. The first kappa shape index (κ1) is 43.3. The minimum Gasteiger partial charge on any atom is -0.465 e. The number of nitrogens with one attached hydrogen (secondary N) is 3. The van der Waals surface area contributed by atoms with Gasteiger partial charge in [0.2, 0.25) is 5.91 Å². The SMILES string of the molecule is CC[C@H](C)[C@@H](C(=O)N[C@@H](Cc1ccccc1)[C@@H](O)CN(Cc1ccc(Cl)c(Cl)c1)NC(=O)[C@@H](NC(=O)O)C(C)(C)C)N1CCN(Cc2cccc(C)n2)C1=O. The molecule has 0 unspecified atom stereocenters. The van der Waals surface area contributed by atoms with Gasteiger partial charge in [-0.3, -0.25) is 20.0 Å². The highest BCUT2D eigenvalue weighted by Crippen LogP contribution is 2.25. The molecule has 2 aromatic carbocycles. The number of aryl methyl sites for hydroxylation is 1. The lowest BCUT2D eigenvalue weighted by Gasteiger charge is -2.36. The van der Waals surface area contributed by atoms with Crippen LogP contribution >= 0.6 is 23.2 Å². The van der Waals surface area contributed by atoms with Crippen molar-refractivity contribution < 1.29 is 29.4 Å². The predicted octanol–water partition coefficient (Wildman–Crippen LogP) is 5.65. The topological polar surface area (TPSA) is 167 Å². The first-order chi connectivity index (χ1) is 26.0. The number of amides is 5. The van der Waals surface area contributed by atoms with Gasteiger partial charge >= 0.3 is 12.1 Å². The van der Waals surface area contributed by atoms with Crippen LogP contribution in [0.25, 0.3) is 0 Å². The van der Waals surface area contributed by atoms with Gasteiger partial charge in [-0.2, -0.15) is 0 Å². The zero-order valence-electron chi connectivity index (χ0n) is 32.3. The molecule has 5 amide bonds. The second-order valence-corrected chi connectivity index (χ2v) is 16.0. The molecule has 55 heavy (non-hydrogen) atoms. The largest absolute Gasteiger partial charge is 0.465 e. The molecule has 15 heteroatoms. The highest BCUT2D eigenvalue weighted by molar-refractivity contribution is 6.42.